The van der Waals surface area contributed by atoms with Gasteiger partial charge >= 0.3 is 5.97 Å². The maximum Gasteiger partial charge on any atom is 0.304 e. The lowest BCUT2D eigenvalue weighted by atomic mass is 10.3. The summed E-state index contributed by atoms with van der Waals surface area (Å²) in [5, 5.41) is 8.59. The molecule has 1 aliphatic rings. The molecular weight excluding hydrogens is 238 g/mol. The molecule has 7 nitrogen and oxygen atoms in total. The number of nitrogens with two attached hydrogens (primary N) is 1. The lowest BCUT2D eigenvalue weighted by molar-refractivity contribution is -0.140. The fraction of sp³-hybridized carbons (Fsp3) is 0.818. The average Bonchev–Trinajstić information content (AvgIpc) is 2.37. The molecule has 1 amide bonds. The molecule has 0 spiro atoms. The maximum atomic E-state index is 11.7. The Balaban J connectivity index is 2.17. The van der Waals surface area contributed by atoms with Crippen molar-refractivity contribution in [2.45, 2.75) is 6.42 Å². The van der Waals surface area contributed by atoms with Crippen molar-refractivity contribution in [2.24, 2.45) is 5.73 Å². The number of carboxylic acid groups (broad SMARTS) is 1. The van der Waals surface area contributed by atoms with Gasteiger partial charge in [-0.25, -0.2) is 0 Å². The first-order chi connectivity index (χ1) is 8.63. The molecule has 1 saturated heterocycles. The van der Waals surface area contributed by atoms with E-state index in [1.807, 2.05) is 0 Å². The lowest BCUT2D eigenvalue weighted by Crippen LogP contribution is -2.50. The monoisotopic (exact) mass is 259 g/mol. The Hall–Kier alpha value is -1.18. The Morgan fingerprint density at radius 3 is 2.44 bits per heavy atom. The second kappa shape index (κ2) is 8.02. The highest BCUT2D eigenvalue weighted by Gasteiger charge is 2.21. The summed E-state index contributed by atoms with van der Waals surface area (Å²) in [7, 11) is 0. The first kappa shape index (κ1) is 14.9. The topological polar surface area (TPSA) is 96.1 Å². The van der Waals surface area contributed by atoms with Crippen LogP contribution in [-0.2, 0) is 14.3 Å². The average molecular weight is 259 g/mol. The van der Waals surface area contributed by atoms with Gasteiger partial charge < -0.3 is 20.5 Å². The second-order valence-corrected chi connectivity index (χ2v) is 4.21. The van der Waals surface area contributed by atoms with E-state index in [-0.39, 0.29) is 18.9 Å². The molecule has 3 N–H and O–H groups in total. The number of amides is 1. The summed E-state index contributed by atoms with van der Waals surface area (Å²) in [5.74, 6) is -0.815. The molecular formula is C11H21N3O4. The Morgan fingerprint density at radius 2 is 1.89 bits per heavy atom. The standard InChI is InChI=1S/C11H21N3O4/c12-2-8-18-9-10(15)14-6-4-13(5-7-14)3-1-11(16)17/h1-9,12H2,(H,16,17). The minimum Gasteiger partial charge on any atom is -0.481 e. The predicted molar refractivity (Wildman–Crippen MR) is 65.1 cm³/mol. The van der Waals surface area contributed by atoms with Crippen LogP contribution in [0.3, 0.4) is 0 Å². The normalized spacial score (nSPS) is 16.8. The quantitative estimate of drug-likeness (QED) is 0.545. The van der Waals surface area contributed by atoms with E-state index in [1.165, 1.54) is 0 Å². The smallest absolute Gasteiger partial charge is 0.304 e. The summed E-state index contributed by atoms with van der Waals surface area (Å²) in [6.45, 7) is 4.12. The largest absolute Gasteiger partial charge is 0.481 e. The molecule has 7 heteroatoms. The molecule has 18 heavy (non-hydrogen) atoms. The van der Waals surface area contributed by atoms with Crippen molar-refractivity contribution >= 4 is 11.9 Å². The summed E-state index contributed by atoms with van der Waals surface area (Å²) >= 11 is 0. The van der Waals surface area contributed by atoms with Gasteiger partial charge in [0, 0.05) is 39.3 Å². The Kier molecular flexibility index (Phi) is 6.63. The van der Waals surface area contributed by atoms with Gasteiger partial charge in [-0.15, -0.1) is 0 Å². The van der Waals surface area contributed by atoms with Gasteiger partial charge in [0.25, 0.3) is 0 Å². The van der Waals surface area contributed by atoms with Crippen molar-refractivity contribution < 1.29 is 19.4 Å². The Bertz CT molecular complexity index is 277. The van der Waals surface area contributed by atoms with Crippen LogP contribution in [0.2, 0.25) is 0 Å². The third-order valence-corrected chi connectivity index (χ3v) is 2.85. The SMILES string of the molecule is NCCOCC(=O)N1CCN(CCC(=O)O)CC1. The van der Waals surface area contributed by atoms with E-state index in [1.54, 1.807) is 4.90 Å². The molecule has 0 aromatic rings. The van der Waals surface area contributed by atoms with Gasteiger partial charge in [-0.2, -0.15) is 0 Å². The van der Waals surface area contributed by atoms with Gasteiger partial charge in [0.2, 0.25) is 5.91 Å². The highest BCUT2D eigenvalue weighted by Crippen LogP contribution is 2.03. The number of hydrogen-bond donors (Lipinski definition) is 2. The summed E-state index contributed by atoms with van der Waals surface area (Å²) in [6, 6.07) is 0. The molecule has 0 atom stereocenters. The minimum absolute atomic E-state index is 0.0265. The van der Waals surface area contributed by atoms with E-state index in [2.05, 4.69) is 4.90 Å². The number of ether oxygens (including phenoxy) is 1. The number of carbonyl (C=O) groups is 2. The third kappa shape index (κ3) is 5.44. The van der Waals surface area contributed by atoms with Crippen LogP contribution < -0.4 is 5.73 Å². The molecule has 1 heterocycles. The highest BCUT2D eigenvalue weighted by atomic mass is 16.5. The zero-order valence-electron chi connectivity index (χ0n) is 10.5. The highest BCUT2D eigenvalue weighted by molar-refractivity contribution is 5.77. The van der Waals surface area contributed by atoms with Gasteiger partial charge in [0.1, 0.15) is 6.61 Å². The Labute approximate surface area is 106 Å². The molecule has 0 aromatic carbocycles. The maximum absolute atomic E-state index is 11.7. The molecule has 0 saturated carbocycles. The van der Waals surface area contributed by atoms with Crippen LogP contribution in [0.25, 0.3) is 0 Å². The number of rotatable bonds is 7. The first-order valence-corrected chi connectivity index (χ1v) is 6.13. The van der Waals surface area contributed by atoms with Crippen LogP contribution in [0.15, 0.2) is 0 Å². The molecule has 0 bridgehead atoms. The number of aliphatic carboxylic acids is 1. The van der Waals surface area contributed by atoms with Gasteiger partial charge in [-0.1, -0.05) is 0 Å². The summed E-state index contributed by atoms with van der Waals surface area (Å²) in [4.78, 5) is 25.9. The Morgan fingerprint density at radius 1 is 1.22 bits per heavy atom. The molecule has 0 radical (unpaired) electrons. The first-order valence-electron chi connectivity index (χ1n) is 6.13. The van der Waals surface area contributed by atoms with Gasteiger partial charge in [-0.05, 0) is 0 Å². The number of piperazine rings is 1. The molecule has 1 aliphatic heterocycles. The van der Waals surface area contributed by atoms with E-state index >= 15 is 0 Å². The summed E-state index contributed by atoms with van der Waals surface area (Å²) in [5.41, 5.74) is 5.26. The lowest BCUT2D eigenvalue weighted by Gasteiger charge is -2.34. The number of carbonyl (C=O) groups excluding carboxylic acids is 1. The molecule has 1 fully saturated rings. The van der Waals surface area contributed by atoms with Gasteiger partial charge in [0.15, 0.2) is 0 Å². The molecule has 0 aromatic heterocycles. The summed E-state index contributed by atoms with van der Waals surface area (Å²) < 4.78 is 5.10. The van der Waals surface area contributed by atoms with Crippen LogP contribution in [0, 0.1) is 0 Å². The fourth-order valence-electron chi connectivity index (χ4n) is 1.81. The van der Waals surface area contributed by atoms with E-state index < -0.39 is 5.97 Å². The number of carboxylic acids is 1. The van der Waals surface area contributed by atoms with E-state index in [4.69, 9.17) is 15.6 Å². The van der Waals surface area contributed by atoms with Crippen molar-refractivity contribution in [3.8, 4) is 0 Å². The van der Waals surface area contributed by atoms with Gasteiger partial charge in [0.05, 0.1) is 13.0 Å². The minimum atomic E-state index is -0.788. The summed E-state index contributed by atoms with van der Waals surface area (Å²) in [6.07, 6.45) is 0.146. The number of hydrogen-bond acceptors (Lipinski definition) is 5. The molecule has 0 unspecified atom stereocenters. The molecule has 0 aliphatic carbocycles. The molecule has 104 valence electrons. The van der Waals surface area contributed by atoms with E-state index in [0.717, 1.165) is 13.1 Å². The van der Waals surface area contributed by atoms with Crippen molar-refractivity contribution in [3.05, 3.63) is 0 Å². The van der Waals surface area contributed by atoms with Crippen LogP contribution >= 0.6 is 0 Å². The molecule has 1 rings (SSSR count). The van der Waals surface area contributed by atoms with Gasteiger partial charge in [-0.3, -0.25) is 14.5 Å². The van der Waals surface area contributed by atoms with Crippen LogP contribution in [0.1, 0.15) is 6.42 Å². The third-order valence-electron chi connectivity index (χ3n) is 2.85. The fourth-order valence-corrected chi connectivity index (χ4v) is 1.81. The van der Waals surface area contributed by atoms with Crippen molar-refractivity contribution in [1.29, 1.82) is 0 Å². The van der Waals surface area contributed by atoms with E-state index in [0.29, 0.717) is 32.8 Å². The van der Waals surface area contributed by atoms with Crippen molar-refractivity contribution in [2.75, 3.05) is 52.5 Å². The van der Waals surface area contributed by atoms with Crippen LogP contribution in [0.4, 0.5) is 0 Å². The number of nitrogens with zero attached hydrogens (tertiary/aromatic N) is 2. The van der Waals surface area contributed by atoms with E-state index in [9.17, 15) is 9.59 Å². The van der Waals surface area contributed by atoms with Crippen molar-refractivity contribution in [1.82, 2.24) is 9.80 Å². The second-order valence-electron chi connectivity index (χ2n) is 4.21. The zero-order chi connectivity index (χ0) is 13.4. The zero-order valence-corrected chi connectivity index (χ0v) is 10.5. The predicted octanol–water partition coefficient (Wildman–Crippen LogP) is -1.42. The van der Waals surface area contributed by atoms with Crippen molar-refractivity contribution in [3.63, 3.8) is 0 Å². The van der Waals surface area contributed by atoms with Crippen LogP contribution in [0.5, 0.6) is 0 Å². The van der Waals surface area contributed by atoms with Crippen LogP contribution in [-0.4, -0.2) is 79.3 Å².